The Morgan fingerprint density at radius 2 is 2.25 bits per heavy atom. The summed E-state index contributed by atoms with van der Waals surface area (Å²) < 4.78 is 23.7. The van der Waals surface area contributed by atoms with Crippen molar-refractivity contribution in [2.45, 2.75) is 13.5 Å². The number of aryl methyl sites for hydroxylation is 1. The van der Waals surface area contributed by atoms with Gasteiger partial charge in [-0.2, -0.15) is 0 Å². The predicted molar refractivity (Wildman–Crippen MR) is 70.8 cm³/mol. The van der Waals surface area contributed by atoms with E-state index in [-0.39, 0.29) is 17.4 Å². The highest BCUT2D eigenvalue weighted by Gasteiger charge is 2.15. The van der Waals surface area contributed by atoms with Crippen LogP contribution >= 0.6 is 11.6 Å². The normalized spacial score (nSPS) is 10.4. The topological polar surface area (TPSA) is 77.5 Å². The van der Waals surface area contributed by atoms with Gasteiger partial charge in [0, 0.05) is 11.6 Å². The Morgan fingerprint density at radius 3 is 2.90 bits per heavy atom. The Labute approximate surface area is 119 Å². The molecule has 0 aliphatic rings. The Hall–Kier alpha value is -2.05. The van der Waals surface area contributed by atoms with E-state index in [1.165, 1.54) is 18.2 Å². The molecular formula is C13H12ClFN2O3. The number of nitrogens with two attached hydrogens (primary N) is 1. The SMILES string of the molecule is Cc1cc(COc2ccc(F)c(Cl)c2)oc1C(=O)NN. The van der Waals surface area contributed by atoms with Gasteiger partial charge in [-0.3, -0.25) is 10.2 Å². The van der Waals surface area contributed by atoms with Crippen molar-refractivity contribution in [1.82, 2.24) is 5.43 Å². The van der Waals surface area contributed by atoms with Crippen LogP contribution < -0.4 is 16.0 Å². The molecule has 5 nitrogen and oxygen atoms in total. The number of nitrogen functional groups attached to an aromatic ring is 1. The summed E-state index contributed by atoms with van der Waals surface area (Å²) in [5.74, 6) is 4.98. The van der Waals surface area contributed by atoms with Crippen molar-refractivity contribution in [1.29, 1.82) is 0 Å². The average molecular weight is 299 g/mol. The highest BCUT2D eigenvalue weighted by atomic mass is 35.5. The molecule has 0 bridgehead atoms. The molecule has 0 fully saturated rings. The summed E-state index contributed by atoms with van der Waals surface area (Å²) in [7, 11) is 0. The van der Waals surface area contributed by atoms with E-state index in [0.29, 0.717) is 17.1 Å². The predicted octanol–water partition coefficient (Wildman–Crippen LogP) is 2.56. The van der Waals surface area contributed by atoms with Gasteiger partial charge in [0.05, 0.1) is 5.02 Å². The Bertz CT molecular complexity index is 643. The van der Waals surface area contributed by atoms with Crippen LogP contribution in [0, 0.1) is 12.7 Å². The molecule has 20 heavy (non-hydrogen) atoms. The molecule has 0 atom stereocenters. The van der Waals surface area contributed by atoms with Gasteiger partial charge < -0.3 is 9.15 Å². The molecule has 1 aromatic carbocycles. The molecule has 7 heteroatoms. The minimum absolute atomic E-state index is 0.0266. The number of furan rings is 1. The molecule has 1 heterocycles. The number of ether oxygens (including phenoxy) is 1. The van der Waals surface area contributed by atoms with E-state index in [2.05, 4.69) is 0 Å². The van der Waals surface area contributed by atoms with Crippen LogP contribution in [0.15, 0.2) is 28.7 Å². The van der Waals surface area contributed by atoms with Crippen molar-refractivity contribution in [3.8, 4) is 5.75 Å². The molecule has 0 radical (unpaired) electrons. The van der Waals surface area contributed by atoms with Crippen molar-refractivity contribution in [3.05, 3.63) is 52.2 Å². The first-order valence-electron chi connectivity index (χ1n) is 5.69. The number of halogens is 2. The van der Waals surface area contributed by atoms with E-state index in [0.717, 1.165) is 0 Å². The zero-order valence-corrected chi connectivity index (χ0v) is 11.3. The molecule has 0 unspecified atom stereocenters. The van der Waals surface area contributed by atoms with E-state index in [4.69, 9.17) is 26.6 Å². The molecule has 0 saturated heterocycles. The third-order valence-electron chi connectivity index (χ3n) is 2.58. The Kier molecular flexibility index (Phi) is 4.26. The third kappa shape index (κ3) is 3.09. The number of benzene rings is 1. The van der Waals surface area contributed by atoms with Crippen molar-refractivity contribution in [2.24, 2.45) is 5.84 Å². The van der Waals surface area contributed by atoms with E-state index in [1.54, 1.807) is 13.0 Å². The molecule has 1 aromatic heterocycles. The number of carbonyl (C=O) groups is 1. The van der Waals surface area contributed by atoms with Crippen molar-refractivity contribution >= 4 is 17.5 Å². The van der Waals surface area contributed by atoms with Crippen molar-refractivity contribution in [2.75, 3.05) is 0 Å². The van der Waals surface area contributed by atoms with E-state index in [9.17, 15) is 9.18 Å². The fraction of sp³-hybridized carbons (Fsp3) is 0.154. The minimum atomic E-state index is -0.519. The Morgan fingerprint density at radius 1 is 1.50 bits per heavy atom. The van der Waals surface area contributed by atoms with Crippen LogP contribution in [0.4, 0.5) is 4.39 Å². The molecule has 1 amide bonds. The molecule has 0 aliphatic heterocycles. The monoisotopic (exact) mass is 298 g/mol. The first-order chi connectivity index (χ1) is 9.51. The van der Waals surface area contributed by atoms with Crippen LogP contribution in [0.1, 0.15) is 21.9 Å². The second kappa shape index (κ2) is 5.94. The first-order valence-corrected chi connectivity index (χ1v) is 6.07. The second-order valence-corrected chi connectivity index (χ2v) is 4.47. The van der Waals surface area contributed by atoms with Crippen LogP contribution in [-0.4, -0.2) is 5.91 Å². The van der Waals surface area contributed by atoms with Gasteiger partial charge in [0.25, 0.3) is 0 Å². The highest BCUT2D eigenvalue weighted by Crippen LogP contribution is 2.22. The van der Waals surface area contributed by atoms with Gasteiger partial charge in [-0.1, -0.05) is 11.6 Å². The van der Waals surface area contributed by atoms with Gasteiger partial charge in [-0.25, -0.2) is 10.2 Å². The highest BCUT2D eigenvalue weighted by molar-refractivity contribution is 6.30. The largest absolute Gasteiger partial charge is 0.486 e. The van der Waals surface area contributed by atoms with Gasteiger partial charge in [-0.05, 0) is 25.1 Å². The minimum Gasteiger partial charge on any atom is -0.486 e. The lowest BCUT2D eigenvalue weighted by Gasteiger charge is -2.04. The summed E-state index contributed by atoms with van der Waals surface area (Å²) in [6.45, 7) is 1.80. The summed E-state index contributed by atoms with van der Waals surface area (Å²) in [5.41, 5.74) is 2.63. The van der Waals surface area contributed by atoms with Crippen LogP contribution in [0.3, 0.4) is 0 Å². The molecule has 3 N–H and O–H groups in total. The number of hydrazine groups is 1. The third-order valence-corrected chi connectivity index (χ3v) is 2.87. The number of nitrogens with one attached hydrogen (secondary N) is 1. The summed E-state index contributed by atoms with van der Waals surface area (Å²) in [6.07, 6.45) is 0. The maximum atomic E-state index is 13.0. The van der Waals surface area contributed by atoms with Gasteiger partial charge in [0.15, 0.2) is 5.76 Å². The van der Waals surface area contributed by atoms with Crippen LogP contribution in [0.25, 0.3) is 0 Å². The quantitative estimate of drug-likeness (QED) is 0.516. The van der Waals surface area contributed by atoms with Gasteiger partial charge in [0.1, 0.15) is 23.9 Å². The van der Waals surface area contributed by atoms with Crippen molar-refractivity contribution < 1.29 is 18.3 Å². The smallest absolute Gasteiger partial charge is 0.301 e. The number of rotatable bonds is 4. The molecule has 0 spiro atoms. The van der Waals surface area contributed by atoms with Crippen LogP contribution in [-0.2, 0) is 6.61 Å². The average Bonchev–Trinajstić information content (AvgIpc) is 2.80. The first kappa shape index (κ1) is 14.4. The number of hydrogen-bond acceptors (Lipinski definition) is 4. The maximum Gasteiger partial charge on any atom is 0.301 e. The fourth-order valence-corrected chi connectivity index (χ4v) is 1.80. The zero-order valence-electron chi connectivity index (χ0n) is 10.6. The lowest BCUT2D eigenvalue weighted by atomic mass is 10.2. The maximum absolute atomic E-state index is 13.0. The van der Waals surface area contributed by atoms with Crippen LogP contribution in [0.5, 0.6) is 5.75 Å². The summed E-state index contributed by atoms with van der Waals surface area (Å²) in [4.78, 5) is 11.4. The number of amides is 1. The molecule has 0 aliphatic carbocycles. The summed E-state index contributed by atoms with van der Waals surface area (Å²) in [5, 5.41) is -0.0266. The Balaban J connectivity index is 2.07. The van der Waals surface area contributed by atoms with Gasteiger partial charge in [-0.15, -0.1) is 0 Å². The molecule has 106 valence electrons. The van der Waals surface area contributed by atoms with Gasteiger partial charge in [0.2, 0.25) is 0 Å². The van der Waals surface area contributed by atoms with Crippen molar-refractivity contribution in [3.63, 3.8) is 0 Å². The van der Waals surface area contributed by atoms with Gasteiger partial charge >= 0.3 is 5.91 Å². The molecule has 2 rings (SSSR count). The fourth-order valence-electron chi connectivity index (χ4n) is 1.63. The number of hydrogen-bond donors (Lipinski definition) is 2. The van der Waals surface area contributed by atoms with E-state index in [1.807, 2.05) is 5.43 Å². The summed E-state index contributed by atoms with van der Waals surface area (Å²) >= 11 is 5.64. The molecule has 0 saturated carbocycles. The molecule has 2 aromatic rings. The zero-order chi connectivity index (χ0) is 14.7. The standard InChI is InChI=1S/C13H12ClFN2O3/c1-7-4-9(20-12(7)13(18)17-16)6-19-8-2-3-11(15)10(14)5-8/h2-5H,6,16H2,1H3,(H,17,18). The lowest BCUT2D eigenvalue weighted by Crippen LogP contribution is -2.30. The van der Waals surface area contributed by atoms with E-state index >= 15 is 0 Å². The lowest BCUT2D eigenvalue weighted by molar-refractivity contribution is 0.0921. The molecular weight excluding hydrogens is 287 g/mol. The van der Waals surface area contributed by atoms with E-state index < -0.39 is 11.7 Å². The summed E-state index contributed by atoms with van der Waals surface area (Å²) in [6, 6.07) is 5.68. The second-order valence-electron chi connectivity index (χ2n) is 4.06. The van der Waals surface area contributed by atoms with Crippen LogP contribution in [0.2, 0.25) is 5.02 Å². The number of carbonyl (C=O) groups excluding carboxylic acids is 1.